The smallest absolute Gasteiger partial charge is 0.459 e. The highest BCUT2D eigenvalue weighted by Crippen LogP contribution is 2.18. The van der Waals surface area contributed by atoms with E-state index in [9.17, 15) is 22.8 Å². The molecule has 1 aromatic carbocycles. The zero-order chi connectivity index (χ0) is 16.3. The number of carbonyl (C=O) groups excluding carboxylic acids is 2. The molecule has 0 radical (unpaired) electrons. The molecule has 6 nitrogen and oxygen atoms in total. The van der Waals surface area contributed by atoms with Crippen molar-refractivity contribution in [1.29, 1.82) is 0 Å². The molecule has 0 aliphatic carbocycles. The highest BCUT2D eigenvalue weighted by molar-refractivity contribution is 6.04. The average molecular weight is 315 g/mol. The van der Waals surface area contributed by atoms with Gasteiger partial charge in [-0.1, -0.05) is 12.1 Å². The van der Waals surface area contributed by atoms with Crippen LogP contribution in [0.2, 0.25) is 0 Å². The third-order valence-corrected chi connectivity index (χ3v) is 2.85. The SMILES string of the molecule is NC(=O)c1cccc2cn(CCCOC(=O)C(F)(F)F)nc12. The van der Waals surface area contributed by atoms with Gasteiger partial charge < -0.3 is 10.5 Å². The number of hydrogen-bond acceptors (Lipinski definition) is 4. The van der Waals surface area contributed by atoms with Crippen molar-refractivity contribution in [1.82, 2.24) is 9.78 Å². The van der Waals surface area contributed by atoms with E-state index in [1.54, 1.807) is 18.3 Å². The van der Waals surface area contributed by atoms with Crippen LogP contribution in [0.4, 0.5) is 13.2 Å². The molecule has 0 unspecified atom stereocenters. The number of hydrogen-bond donors (Lipinski definition) is 1. The Morgan fingerprint density at radius 2 is 2.05 bits per heavy atom. The van der Waals surface area contributed by atoms with E-state index in [1.807, 2.05) is 0 Å². The fourth-order valence-electron chi connectivity index (χ4n) is 1.88. The molecule has 2 rings (SSSR count). The minimum absolute atomic E-state index is 0.154. The Morgan fingerprint density at radius 1 is 1.32 bits per heavy atom. The highest BCUT2D eigenvalue weighted by Gasteiger charge is 2.40. The van der Waals surface area contributed by atoms with Crippen LogP contribution in [0, 0.1) is 0 Å². The summed E-state index contributed by atoms with van der Waals surface area (Å²) in [4.78, 5) is 21.8. The number of rotatable bonds is 5. The lowest BCUT2D eigenvalue weighted by molar-refractivity contribution is -0.199. The lowest BCUT2D eigenvalue weighted by atomic mass is 10.1. The van der Waals surface area contributed by atoms with Gasteiger partial charge in [-0.25, -0.2) is 4.79 Å². The van der Waals surface area contributed by atoms with E-state index < -0.39 is 18.1 Å². The molecule has 0 atom stereocenters. The second-order valence-electron chi connectivity index (χ2n) is 4.49. The molecule has 1 heterocycles. The Balaban J connectivity index is 1.97. The van der Waals surface area contributed by atoms with Gasteiger partial charge in [0.25, 0.3) is 5.91 Å². The maximum absolute atomic E-state index is 11.9. The van der Waals surface area contributed by atoms with Crippen molar-refractivity contribution in [3.63, 3.8) is 0 Å². The molecule has 0 fully saturated rings. The van der Waals surface area contributed by atoms with Crippen LogP contribution in [0.1, 0.15) is 16.8 Å². The van der Waals surface area contributed by atoms with Crippen molar-refractivity contribution in [3.8, 4) is 0 Å². The third kappa shape index (κ3) is 3.54. The summed E-state index contributed by atoms with van der Waals surface area (Å²) in [7, 11) is 0. The maximum Gasteiger partial charge on any atom is 0.490 e. The van der Waals surface area contributed by atoms with Gasteiger partial charge >= 0.3 is 12.1 Å². The number of esters is 1. The Kier molecular flexibility index (Phi) is 4.34. The maximum atomic E-state index is 11.9. The van der Waals surface area contributed by atoms with E-state index in [2.05, 4.69) is 9.84 Å². The molecule has 0 aliphatic rings. The number of primary amides is 1. The molecule has 9 heteroatoms. The first kappa shape index (κ1) is 15.8. The summed E-state index contributed by atoms with van der Waals surface area (Å²) >= 11 is 0. The Labute approximate surface area is 122 Å². The average Bonchev–Trinajstić information content (AvgIpc) is 2.84. The van der Waals surface area contributed by atoms with Gasteiger partial charge in [0.2, 0.25) is 0 Å². The van der Waals surface area contributed by atoms with Gasteiger partial charge in [-0.05, 0) is 6.07 Å². The van der Waals surface area contributed by atoms with Gasteiger partial charge in [0.05, 0.1) is 12.2 Å². The Morgan fingerprint density at radius 3 is 2.68 bits per heavy atom. The second kappa shape index (κ2) is 6.04. The number of alkyl halides is 3. The predicted molar refractivity (Wildman–Crippen MR) is 69.9 cm³/mol. The van der Waals surface area contributed by atoms with Gasteiger partial charge in [0, 0.05) is 24.5 Å². The minimum Gasteiger partial charge on any atom is -0.459 e. The van der Waals surface area contributed by atoms with E-state index in [-0.39, 0.29) is 25.1 Å². The van der Waals surface area contributed by atoms with Crippen molar-refractivity contribution in [3.05, 3.63) is 30.0 Å². The van der Waals surface area contributed by atoms with Crippen LogP contribution >= 0.6 is 0 Å². The van der Waals surface area contributed by atoms with Crippen molar-refractivity contribution in [2.24, 2.45) is 5.73 Å². The van der Waals surface area contributed by atoms with Crippen LogP contribution in [0.25, 0.3) is 10.9 Å². The predicted octanol–water partition coefficient (Wildman–Crippen LogP) is 1.63. The van der Waals surface area contributed by atoms with E-state index in [0.717, 1.165) is 0 Å². The van der Waals surface area contributed by atoms with Crippen molar-refractivity contribution in [2.75, 3.05) is 6.61 Å². The zero-order valence-corrected chi connectivity index (χ0v) is 11.3. The summed E-state index contributed by atoms with van der Waals surface area (Å²) < 4.78 is 41.3. The number of fused-ring (bicyclic) bond motifs is 1. The summed E-state index contributed by atoms with van der Waals surface area (Å²) in [5, 5.41) is 4.84. The molecule has 1 aromatic heterocycles. The van der Waals surface area contributed by atoms with Gasteiger partial charge in [-0.3, -0.25) is 9.48 Å². The number of nitrogens with two attached hydrogens (primary N) is 1. The summed E-state index contributed by atoms with van der Waals surface area (Å²) in [5.74, 6) is -2.83. The number of ether oxygens (including phenoxy) is 1. The van der Waals surface area contributed by atoms with E-state index >= 15 is 0 Å². The molecule has 118 valence electrons. The molecule has 1 amide bonds. The monoisotopic (exact) mass is 315 g/mol. The fourth-order valence-corrected chi connectivity index (χ4v) is 1.88. The number of nitrogens with zero attached hydrogens (tertiary/aromatic N) is 2. The number of carbonyl (C=O) groups is 2. The van der Waals surface area contributed by atoms with Crippen LogP contribution in [0.3, 0.4) is 0 Å². The molecule has 2 aromatic rings. The van der Waals surface area contributed by atoms with E-state index in [0.29, 0.717) is 10.9 Å². The lowest BCUT2D eigenvalue weighted by Crippen LogP contribution is -2.26. The topological polar surface area (TPSA) is 87.2 Å². The Hall–Kier alpha value is -2.58. The molecule has 22 heavy (non-hydrogen) atoms. The minimum atomic E-state index is -4.99. The normalized spacial score (nSPS) is 11.6. The third-order valence-electron chi connectivity index (χ3n) is 2.85. The van der Waals surface area contributed by atoms with Crippen LogP contribution in [-0.4, -0.2) is 34.4 Å². The summed E-state index contributed by atoms with van der Waals surface area (Å²) in [5.41, 5.74) is 5.92. The highest BCUT2D eigenvalue weighted by atomic mass is 19.4. The molecule has 0 aliphatic heterocycles. The van der Waals surface area contributed by atoms with Crippen molar-refractivity contribution in [2.45, 2.75) is 19.1 Å². The van der Waals surface area contributed by atoms with Crippen molar-refractivity contribution >= 4 is 22.8 Å². The Bertz CT molecular complexity index is 709. The molecule has 0 bridgehead atoms. The van der Waals surface area contributed by atoms with Gasteiger partial charge in [0.15, 0.2) is 0 Å². The summed E-state index contributed by atoms with van der Waals surface area (Å²) in [6.45, 7) is -0.144. The van der Waals surface area contributed by atoms with E-state index in [1.165, 1.54) is 10.7 Å². The molecule has 2 N–H and O–H groups in total. The lowest BCUT2D eigenvalue weighted by Gasteiger charge is -2.06. The van der Waals surface area contributed by atoms with Crippen LogP contribution < -0.4 is 5.73 Å². The number of halogens is 3. The fraction of sp³-hybridized carbons (Fsp3) is 0.308. The largest absolute Gasteiger partial charge is 0.490 e. The van der Waals surface area contributed by atoms with Crippen molar-refractivity contribution < 1.29 is 27.5 Å². The first-order valence-corrected chi connectivity index (χ1v) is 6.29. The van der Waals surface area contributed by atoms with Gasteiger partial charge in [-0.2, -0.15) is 18.3 Å². The molecule has 0 spiro atoms. The zero-order valence-electron chi connectivity index (χ0n) is 11.3. The van der Waals surface area contributed by atoms with Gasteiger partial charge in [-0.15, -0.1) is 0 Å². The van der Waals surface area contributed by atoms with Crippen LogP contribution in [0.15, 0.2) is 24.4 Å². The van der Waals surface area contributed by atoms with Crippen LogP contribution in [-0.2, 0) is 16.1 Å². The number of amides is 1. The number of aryl methyl sites for hydroxylation is 1. The first-order valence-electron chi connectivity index (χ1n) is 6.29. The number of aromatic nitrogens is 2. The standard InChI is InChI=1S/C13H12F3N3O3/c14-13(15,16)12(21)22-6-2-5-19-7-8-3-1-4-9(11(17)20)10(8)18-19/h1,3-4,7H,2,5-6H2,(H2,17,20). The second-order valence-corrected chi connectivity index (χ2v) is 4.49. The number of benzene rings is 1. The molecule has 0 saturated heterocycles. The summed E-state index contributed by atoms with van der Waals surface area (Å²) in [6.07, 6.45) is -3.20. The van der Waals surface area contributed by atoms with Gasteiger partial charge in [0.1, 0.15) is 5.52 Å². The molecular weight excluding hydrogens is 303 g/mol. The molecular formula is C13H12F3N3O3. The van der Waals surface area contributed by atoms with E-state index in [4.69, 9.17) is 5.73 Å². The van der Waals surface area contributed by atoms with Crippen LogP contribution in [0.5, 0.6) is 0 Å². The quantitative estimate of drug-likeness (QED) is 0.671. The molecule has 0 saturated carbocycles. The summed E-state index contributed by atoms with van der Waals surface area (Å²) in [6, 6.07) is 4.92. The first-order chi connectivity index (χ1) is 10.3.